The summed E-state index contributed by atoms with van der Waals surface area (Å²) in [5.41, 5.74) is 0.403. The molecule has 0 spiro atoms. The number of nitrogens with zero attached hydrogens (tertiary/aromatic N) is 1. The zero-order chi connectivity index (χ0) is 21.4. The Kier molecular flexibility index (Phi) is 8.31. The van der Waals surface area contributed by atoms with Gasteiger partial charge in [-0.2, -0.15) is 0 Å². The molecule has 9 nitrogen and oxygen atoms in total. The second kappa shape index (κ2) is 10.7. The van der Waals surface area contributed by atoms with Gasteiger partial charge in [-0.25, -0.2) is 4.79 Å². The van der Waals surface area contributed by atoms with Crippen molar-refractivity contribution in [2.24, 2.45) is 0 Å². The van der Waals surface area contributed by atoms with Crippen molar-refractivity contribution in [2.45, 2.75) is 25.3 Å². The topological polar surface area (TPSA) is 133 Å². The lowest BCUT2D eigenvalue weighted by atomic mass is 10.1. The van der Waals surface area contributed by atoms with Crippen molar-refractivity contribution in [3.8, 4) is 0 Å². The van der Waals surface area contributed by atoms with Crippen LogP contribution in [0.2, 0.25) is 0 Å². The molecular formula is C19H20IN3O6. The number of carboxylic acid groups (broad SMARTS) is 1. The summed E-state index contributed by atoms with van der Waals surface area (Å²) in [6, 6.07) is 5.70. The smallest absolute Gasteiger partial charge is 0.326 e. The Balaban J connectivity index is 1.73. The highest BCUT2D eigenvalue weighted by atomic mass is 127. The summed E-state index contributed by atoms with van der Waals surface area (Å²) in [5, 5.41) is 14.1. The van der Waals surface area contributed by atoms with Crippen LogP contribution in [0, 0.1) is 3.57 Å². The molecule has 0 aliphatic carbocycles. The molecular weight excluding hydrogens is 493 g/mol. The van der Waals surface area contributed by atoms with Crippen LogP contribution in [-0.4, -0.2) is 58.7 Å². The Morgan fingerprint density at radius 1 is 1.10 bits per heavy atom. The van der Waals surface area contributed by atoms with Crippen molar-refractivity contribution in [3.63, 3.8) is 0 Å². The Hall–Kier alpha value is -2.76. The first-order valence-electron chi connectivity index (χ1n) is 8.87. The maximum atomic E-state index is 12.0. The predicted octanol–water partition coefficient (Wildman–Crippen LogP) is 0.686. The van der Waals surface area contributed by atoms with E-state index in [2.05, 4.69) is 33.2 Å². The number of halogens is 1. The average Bonchev–Trinajstić information content (AvgIpc) is 3.00. The number of hydrogen-bond donors (Lipinski definition) is 3. The van der Waals surface area contributed by atoms with E-state index in [1.54, 1.807) is 18.2 Å². The van der Waals surface area contributed by atoms with Crippen LogP contribution in [0.15, 0.2) is 36.4 Å². The fourth-order valence-corrected chi connectivity index (χ4v) is 3.21. The molecule has 29 heavy (non-hydrogen) atoms. The molecule has 1 aliphatic heterocycles. The molecule has 0 saturated carbocycles. The molecule has 0 radical (unpaired) electrons. The Labute approximate surface area is 180 Å². The molecule has 0 aromatic heterocycles. The van der Waals surface area contributed by atoms with Gasteiger partial charge < -0.3 is 15.7 Å². The number of benzene rings is 1. The molecule has 1 aliphatic rings. The lowest BCUT2D eigenvalue weighted by Gasteiger charge is -2.16. The van der Waals surface area contributed by atoms with Gasteiger partial charge in [0, 0.05) is 27.8 Å². The van der Waals surface area contributed by atoms with Gasteiger partial charge in [-0.05, 0) is 60.1 Å². The number of carbonyl (C=O) groups is 5. The van der Waals surface area contributed by atoms with Gasteiger partial charge in [-0.1, -0.05) is 6.07 Å². The number of aliphatic carboxylic acids is 1. The number of carbonyl (C=O) groups excluding carboxylic acids is 4. The van der Waals surface area contributed by atoms with E-state index in [-0.39, 0.29) is 31.3 Å². The van der Waals surface area contributed by atoms with Gasteiger partial charge in [0.05, 0.1) is 6.54 Å². The molecule has 2 rings (SSSR count). The van der Waals surface area contributed by atoms with Crippen LogP contribution in [0.1, 0.15) is 29.6 Å². The van der Waals surface area contributed by atoms with Crippen LogP contribution in [0.5, 0.6) is 0 Å². The first-order chi connectivity index (χ1) is 13.8. The van der Waals surface area contributed by atoms with Crippen molar-refractivity contribution < 1.29 is 29.1 Å². The number of carboxylic acids is 1. The zero-order valence-electron chi connectivity index (χ0n) is 15.4. The maximum absolute atomic E-state index is 12.0. The number of imide groups is 1. The van der Waals surface area contributed by atoms with E-state index in [0.29, 0.717) is 18.4 Å². The van der Waals surface area contributed by atoms with Crippen LogP contribution < -0.4 is 10.6 Å². The lowest BCUT2D eigenvalue weighted by Crippen LogP contribution is -2.45. The minimum absolute atomic E-state index is 0.134. The molecule has 0 saturated heterocycles. The molecule has 0 fully saturated rings. The van der Waals surface area contributed by atoms with E-state index in [1.807, 2.05) is 6.07 Å². The van der Waals surface area contributed by atoms with Crippen LogP contribution in [0.25, 0.3) is 0 Å². The Morgan fingerprint density at radius 3 is 2.41 bits per heavy atom. The Bertz CT molecular complexity index is 836. The number of nitrogens with one attached hydrogen (secondary N) is 2. The highest BCUT2D eigenvalue weighted by molar-refractivity contribution is 14.1. The SMILES string of the molecule is O=C(CNC(=O)c1cccc(I)c1)N[C@H](CCCCN1C(=O)C=CC1=O)C(=O)O. The summed E-state index contributed by atoms with van der Waals surface area (Å²) in [7, 11) is 0. The summed E-state index contributed by atoms with van der Waals surface area (Å²) in [4.78, 5) is 59.4. The highest BCUT2D eigenvalue weighted by Gasteiger charge is 2.24. The fraction of sp³-hybridized carbons (Fsp3) is 0.316. The van der Waals surface area contributed by atoms with Gasteiger partial charge in [0.1, 0.15) is 6.04 Å². The molecule has 1 atom stereocenters. The van der Waals surface area contributed by atoms with Crippen molar-refractivity contribution in [3.05, 3.63) is 45.6 Å². The highest BCUT2D eigenvalue weighted by Crippen LogP contribution is 2.09. The second-order valence-electron chi connectivity index (χ2n) is 6.31. The second-order valence-corrected chi connectivity index (χ2v) is 7.55. The standard InChI is InChI=1S/C19H20IN3O6/c20-13-5-3-4-12(10-13)18(27)21-11-15(24)22-14(19(28)29)6-1-2-9-23-16(25)7-8-17(23)26/h3-5,7-8,10,14H,1-2,6,9,11H2,(H,21,27)(H,22,24)(H,28,29)/t14-/m1/s1. The first kappa shape index (κ1) is 22.5. The van der Waals surface area contributed by atoms with Gasteiger partial charge in [0.2, 0.25) is 5.91 Å². The minimum Gasteiger partial charge on any atom is -0.480 e. The number of unbranched alkanes of at least 4 members (excludes halogenated alkanes) is 1. The summed E-state index contributed by atoms with van der Waals surface area (Å²) >= 11 is 2.07. The molecule has 4 amide bonds. The van der Waals surface area contributed by atoms with Crippen molar-refractivity contribution >= 4 is 52.2 Å². The van der Waals surface area contributed by atoms with Gasteiger partial charge >= 0.3 is 5.97 Å². The van der Waals surface area contributed by atoms with E-state index in [0.717, 1.165) is 8.47 Å². The van der Waals surface area contributed by atoms with Crippen molar-refractivity contribution in [2.75, 3.05) is 13.1 Å². The minimum atomic E-state index is -1.20. The zero-order valence-corrected chi connectivity index (χ0v) is 17.5. The number of hydrogen-bond acceptors (Lipinski definition) is 5. The summed E-state index contributed by atoms with van der Waals surface area (Å²) in [6.07, 6.45) is 3.32. The van der Waals surface area contributed by atoms with Crippen LogP contribution in [0.3, 0.4) is 0 Å². The third-order valence-corrected chi connectivity index (χ3v) is 4.83. The summed E-state index contributed by atoms with van der Waals surface area (Å²) < 4.78 is 0.874. The molecule has 1 heterocycles. The Morgan fingerprint density at radius 2 is 1.79 bits per heavy atom. The number of amides is 4. The quantitative estimate of drug-likeness (QED) is 0.240. The van der Waals surface area contributed by atoms with Crippen LogP contribution in [-0.2, 0) is 19.2 Å². The summed E-state index contributed by atoms with van der Waals surface area (Å²) in [6.45, 7) is -0.159. The van der Waals surface area contributed by atoms with E-state index in [1.165, 1.54) is 12.2 Å². The average molecular weight is 513 g/mol. The maximum Gasteiger partial charge on any atom is 0.326 e. The number of rotatable bonds is 10. The third-order valence-electron chi connectivity index (χ3n) is 4.15. The van der Waals surface area contributed by atoms with Gasteiger partial charge in [0.25, 0.3) is 17.7 Å². The summed E-state index contributed by atoms with van der Waals surface area (Å²) in [5.74, 6) is -3.02. The fourth-order valence-electron chi connectivity index (χ4n) is 2.66. The normalized spacial score (nSPS) is 14.0. The van der Waals surface area contributed by atoms with E-state index in [4.69, 9.17) is 0 Å². The molecule has 1 aromatic carbocycles. The third kappa shape index (κ3) is 6.97. The predicted molar refractivity (Wildman–Crippen MR) is 111 cm³/mol. The van der Waals surface area contributed by atoms with Gasteiger partial charge in [-0.3, -0.25) is 24.1 Å². The first-order valence-corrected chi connectivity index (χ1v) is 9.95. The van der Waals surface area contributed by atoms with Crippen molar-refractivity contribution in [1.82, 2.24) is 15.5 Å². The van der Waals surface area contributed by atoms with E-state index >= 15 is 0 Å². The van der Waals surface area contributed by atoms with Crippen LogP contribution >= 0.6 is 22.6 Å². The van der Waals surface area contributed by atoms with Crippen molar-refractivity contribution in [1.29, 1.82) is 0 Å². The molecule has 3 N–H and O–H groups in total. The van der Waals surface area contributed by atoms with Gasteiger partial charge in [0.15, 0.2) is 0 Å². The largest absolute Gasteiger partial charge is 0.480 e. The molecule has 0 unspecified atom stereocenters. The van der Waals surface area contributed by atoms with Crippen LogP contribution in [0.4, 0.5) is 0 Å². The van der Waals surface area contributed by atoms with Gasteiger partial charge in [-0.15, -0.1) is 0 Å². The van der Waals surface area contributed by atoms with E-state index < -0.39 is 23.8 Å². The molecule has 1 aromatic rings. The monoisotopic (exact) mass is 513 g/mol. The lowest BCUT2D eigenvalue weighted by molar-refractivity contribution is -0.142. The molecule has 154 valence electrons. The molecule has 10 heteroatoms. The van der Waals surface area contributed by atoms with E-state index in [9.17, 15) is 29.1 Å². The molecule has 0 bridgehead atoms.